The van der Waals surface area contributed by atoms with Crippen molar-refractivity contribution in [1.29, 1.82) is 0 Å². The van der Waals surface area contributed by atoms with Crippen molar-refractivity contribution in [3.05, 3.63) is 58.6 Å². The number of benzene rings is 2. The van der Waals surface area contributed by atoms with Gasteiger partial charge in [-0.25, -0.2) is 0 Å². The molecule has 2 rings (SSSR count). The molecule has 0 aliphatic rings. The summed E-state index contributed by atoms with van der Waals surface area (Å²) in [6.07, 6.45) is -4.47. The van der Waals surface area contributed by atoms with Crippen molar-refractivity contribution in [2.75, 3.05) is 0 Å². The number of hydrogen-bond donors (Lipinski definition) is 1. The predicted octanol–water partition coefficient (Wildman–Crippen LogP) is 4.61. The van der Waals surface area contributed by atoms with Crippen LogP contribution in [0.3, 0.4) is 0 Å². The Hall–Kier alpha value is -1.72. The second-order valence-electron chi connectivity index (χ2n) is 4.05. The van der Waals surface area contributed by atoms with E-state index in [4.69, 9.17) is 22.1 Å². The fourth-order valence-electron chi connectivity index (χ4n) is 1.67. The predicted molar refractivity (Wildman–Crippen MR) is 70.9 cm³/mol. The van der Waals surface area contributed by atoms with E-state index in [-0.39, 0.29) is 18.0 Å². The molecule has 0 aliphatic carbocycles. The number of hydrogen-bond acceptors (Lipinski definition) is 2. The first-order valence-electron chi connectivity index (χ1n) is 5.74. The average molecular weight is 302 g/mol. The molecule has 0 unspecified atom stereocenters. The van der Waals surface area contributed by atoms with Crippen LogP contribution < -0.4 is 10.5 Å². The van der Waals surface area contributed by atoms with E-state index < -0.39 is 11.7 Å². The molecule has 0 amide bonds. The van der Waals surface area contributed by atoms with Crippen LogP contribution in [0.1, 0.15) is 11.1 Å². The molecule has 2 nitrogen and oxygen atoms in total. The van der Waals surface area contributed by atoms with Gasteiger partial charge in [-0.15, -0.1) is 0 Å². The summed E-state index contributed by atoms with van der Waals surface area (Å²) in [5.74, 6) is -0.0412. The molecule has 0 atom stereocenters. The summed E-state index contributed by atoms with van der Waals surface area (Å²) in [4.78, 5) is 0. The third-order valence-electron chi connectivity index (χ3n) is 2.66. The van der Waals surface area contributed by atoms with Crippen molar-refractivity contribution < 1.29 is 17.9 Å². The number of ether oxygens (including phenoxy) is 1. The molecule has 0 radical (unpaired) electrons. The number of alkyl halides is 3. The van der Waals surface area contributed by atoms with Crippen LogP contribution in [0.2, 0.25) is 5.02 Å². The quantitative estimate of drug-likeness (QED) is 0.898. The lowest BCUT2D eigenvalue weighted by Gasteiger charge is -2.14. The van der Waals surface area contributed by atoms with Gasteiger partial charge in [0, 0.05) is 11.6 Å². The maximum absolute atomic E-state index is 12.8. The van der Waals surface area contributed by atoms with E-state index in [2.05, 4.69) is 0 Å². The van der Waals surface area contributed by atoms with Crippen LogP contribution in [0.5, 0.6) is 11.5 Å². The van der Waals surface area contributed by atoms with Gasteiger partial charge in [0.25, 0.3) is 0 Å². The summed E-state index contributed by atoms with van der Waals surface area (Å²) in [6, 6.07) is 9.59. The topological polar surface area (TPSA) is 35.2 Å². The first kappa shape index (κ1) is 14.7. The number of nitrogens with two attached hydrogens (primary N) is 1. The molecule has 6 heteroatoms. The average Bonchev–Trinajstić information content (AvgIpc) is 2.38. The second kappa shape index (κ2) is 5.73. The Morgan fingerprint density at radius 3 is 2.40 bits per heavy atom. The van der Waals surface area contributed by atoms with Crippen LogP contribution in [0.25, 0.3) is 0 Å². The molecule has 0 heterocycles. The molecule has 2 aromatic rings. The summed E-state index contributed by atoms with van der Waals surface area (Å²) < 4.78 is 43.8. The van der Waals surface area contributed by atoms with Crippen LogP contribution in [-0.4, -0.2) is 0 Å². The van der Waals surface area contributed by atoms with Gasteiger partial charge in [0.05, 0.1) is 5.56 Å². The summed E-state index contributed by atoms with van der Waals surface area (Å²) in [7, 11) is 0. The largest absolute Gasteiger partial charge is 0.457 e. The van der Waals surface area contributed by atoms with Gasteiger partial charge in [-0.05, 0) is 29.8 Å². The highest BCUT2D eigenvalue weighted by atomic mass is 35.5. The van der Waals surface area contributed by atoms with Crippen LogP contribution in [-0.2, 0) is 12.7 Å². The summed E-state index contributed by atoms with van der Waals surface area (Å²) in [5, 5.41) is 0.356. The molecule has 0 saturated heterocycles. The van der Waals surface area contributed by atoms with E-state index in [0.717, 1.165) is 6.07 Å². The molecule has 0 bridgehead atoms. The molecule has 0 saturated carbocycles. The van der Waals surface area contributed by atoms with E-state index >= 15 is 0 Å². The molecule has 0 aliphatic heterocycles. The Bertz CT molecular complexity index is 614. The van der Waals surface area contributed by atoms with Gasteiger partial charge in [-0.1, -0.05) is 29.8 Å². The molecular weight excluding hydrogens is 291 g/mol. The van der Waals surface area contributed by atoms with E-state index in [0.29, 0.717) is 10.6 Å². The van der Waals surface area contributed by atoms with Crippen molar-refractivity contribution in [3.8, 4) is 11.5 Å². The lowest BCUT2D eigenvalue weighted by Crippen LogP contribution is -2.06. The maximum Gasteiger partial charge on any atom is 0.419 e. The number of para-hydroxylation sites is 1. The van der Waals surface area contributed by atoms with Gasteiger partial charge in [-0.3, -0.25) is 0 Å². The van der Waals surface area contributed by atoms with Crippen molar-refractivity contribution in [2.45, 2.75) is 12.7 Å². The lowest BCUT2D eigenvalue weighted by atomic mass is 10.2. The molecule has 0 fully saturated rings. The minimum atomic E-state index is -4.47. The van der Waals surface area contributed by atoms with Crippen LogP contribution >= 0.6 is 11.6 Å². The molecule has 0 spiro atoms. The molecule has 2 aromatic carbocycles. The van der Waals surface area contributed by atoms with Gasteiger partial charge >= 0.3 is 6.18 Å². The van der Waals surface area contributed by atoms with Crippen molar-refractivity contribution in [2.24, 2.45) is 5.73 Å². The third kappa shape index (κ3) is 3.23. The monoisotopic (exact) mass is 301 g/mol. The first-order chi connectivity index (χ1) is 9.41. The summed E-state index contributed by atoms with van der Waals surface area (Å²) >= 11 is 5.94. The van der Waals surface area contributed by atoms with Crippen molar-refractivity contribution in [3.63, 3.8) is 0 Å². The maximum atomic E-state index is 12.8. The number of halogens is 4. The van der Waals surface area contributed by atoms with Gasteiger partial charge in [-0.2, -0.15) is 13.2 Å². The Labute approximate surface area is 118 Å². The van der Waals surface area contributed by atoms with Gasteiger partial charge in [0.15, 0.2) is 0 Å². The van der Waals surface area contributed by atoms with Gasteiger partial charge < -0.3 is 10.5 Å². The molecule has 20 heavy (non-hydrogen) atoms. The Morgan fingerprint density at radius 2 is 1.80 bits per heavy atom. The fourth-order valence-corrected chi connectivity index (χ4v) is 1.92. The van der Waals surface area contributed by atoms with E-state index in [1.807, 2.05) is 0 Å². The van der Waals surface area contributed by atoms with Crippen LogP contribution in [0.4, 0.5) is 13.2 Å². The first-order valence-corrected chi connectivity index (χ1v) is 6.12. The standard InChI is InChI=1S/C14H11ClF3NO/c15-12-7-10(6-5-9(12)8-19)20-13-4-2-1-3-11(13)14(16,17)18/h1-7H,8,19H2. The number of rotatable bonds is 3. The molecule has 2 N–H and O–H groups in total. The Morgan fingerprint density at radius 1 is 1.10 bits per heavy atom. The van der Waals surface area contributed by atoms with Gasteiger partial charge in [0.2, 0.25) is 0 Å². The van der Waals surface area contributed by atoms with Crippen LogP contribution in [0.15, 0.2) is 42.5 Å². The van der Waals surface area contributed by atoms with Crippen molar-refractivity contribution >= 4 is 11.6 Å². The van der Waals surface area contributed by atoms with E-state index in [1.165, 1.54) is 30.3 Å². The molecule has 0 aromatic heterocycles. The van der Waals surface area contributed by atoms with E-state index in [1.54, 1.807) is 6.07 Å². The third-order valence-corrected chi connectivity index (χ3v) is 3.02. The zero-order valence-electron chi connectivity index (χ0n) is 10.2. The highest BCUT2D eigenvalue weighted by molar-refractivity contribution is 6.31. The zero-order valence-corrected chi connectivity index (χ0v) is 11.0. The fraction of sp³-hybridized carbons (Fsp3) is 0.143. The Balaban J connectivity index is 2.33. The zero-order chi connectivity index (χ0) is 14.8. The highest BCUT2D eigenvalue weighted by Gasteiger charge is 2.34. The SMILES string of the molecule is NCc1ccc(Oc2ccccc2C(F)(F)F)cc1Cl. The Kier molecular flexibility index (Phi) is 4.20. The minimum absolute atomic E-state index is 0.226. The van der Waals surface area contributed by atoms with E-state index in [9.17, 15) is 13.2 Å². The molecule has 106 valence electrons. The van der Waals surface area contributed by atoms with Crippen molar-refractivity contribution in [1.82, 2.24) is 0 Å². The summed E-state index contributed by atoms with van der Waals surface area (Å²) in [6.45, 7) is 0.248. The second-order valence-corrected chi connectivity index (χ2v) is 4.46. The smallest absolute Gasteiger partial charge is 0.419 e. The molecular formula is C14H11ClF3NO. The normalized spacial score (nSPS) is 11.4. The van der Waals surface area contributed by atoms with Gasteiger partial charge in [0.1, 0.15) is 11.5 Å². The minimum Gasteiger partial charge on any atom is -0.457 e. The summed E-state index contributed by atoms with van der Waals surface area (Å²) in [5.41, 5.74) is 5.32. The van der Waals surface area contributed by atoms with Crippen LogP contribution in [0, 0.1) is 0 Å². The highest BCUT2D eigenvalue weighted by Crippen LogP contribution is 2.38. The lowest BCUT2D eigenvalue weighted by molar-refractivity contribution is -0.138.